The zero-order valence-electron chi connectivity index (χ0n) is 22.1. The summed E-state index contributed by atoms with van der Waals surface area (Å²) in [6.45, 7) is 14.3. The van der Waals surface area contributed by atoms with Gasteiger partial charge in [-0.3, -0.25) is 0 Å². The summed E-state index contributed by atoms with van der Waals surface area (Å²) >= 11 is 0. The van der Waals surface area contributed by atoms with E-state index in [2.05, 4.69) is 76.3 Å². The summed E-state index contributed by atoms with van der Waals surface area (Å²) in [6.07, 6.45) is 4.51. The molecule has 0 saturated heterocycles. The van der Waals surface area contributed by atoms with Gasteiger partial charge in [0.05, 0.1) is 6.61 Å². The molecule has 4 rings (SSSR count). The molecule has 0 amide bonds. The van der Waals surface area contributed by atoms with Crippen molar-refractivity contribution in [2.75, 3.05) is 19.7 Å². The number of aromatic hydroxyl groups is 1. The molecule has 1 aliphatic rings. The Kier molecular flexibility index (Phi) is 7.56. The van der Waals surface area contributed by atoms with Crippen LogP contribution in [0.4, 0.5) is 0 Å². The summed E-state index contributed by atoms with van der Waals surface area (Å²) in [5, 5.41) is 13.5. The first-order valence-electron chi connectivity index (χ1n) is 13.1. The topological polar surface area (TPSA) is 41.5 Å². The van der Waals surface area contributed by atoms with Crippen molar-refractivity contribution in [1.29, 1.82) is 0 Å². The lowest BCUT2D eigenvalue weighted by molar-refractivity contribution is 0.309. The Morgan fingerprint density at radius 2 is 1.51 bits per heavy atom. The highest BCUT2D eigenvalue weighted by Gasteiger charge is 2.37. The monoisotopic (exact) mass is 471 g/mol. The van der Waals surface area contributed by atoms with Gasteiger partial charge in [-0.2, -0.15) is 0 Å². The normalized spacial score (nSPS) is 16.0. The lowest BCUT2D eigenvalue weighted by Crippen LogP contribution is -2.33. The molecule has 35 heavy (non-hydrogen) atoms. The molecule has 3 aromatic rings. The van der Waals surface area contributed by atoms with Crippen molar-refractivity contribution < 1.29 is 9.84 Å². The second-order valence-electron chi connectivity index (χ2n) is 11.2. The second-order valence-corrected chi connectivity index (χ2v) is 11.2. The highest BCUT2D eigenvalue weighted by molar-refractivity contribution is 5.79. The van der Waals surface area contributed by atoms with Crippen LogP contribution in [0.1, 0.15) is 71.4 Å². The van der Waals surface area contributed by atoms with Crippen LogP contribution >= 0.6 is 0 Å². The smallest absolute Gasteiger partial charge is 0.127 e. The average molecular weight is 472 g/mol. The van der Waals surface area contributed by atoms with Crippen LogP contribution in [0.25, 0.3) is 22.3 Å². The van der Waals surface area contributed by atoms with Gasteiger partial charge in [0.25, 0.3) is 0 Å². The quantitative estimate of drug-likeness (QED) is 0.312. The first-order chi connectivity index (χ1) is 16.7. The Hall–Kier alpha value is -2.78. The Bertz CT molecular complexity index is 1160. The molecular weight excluding hydrogens is 430 g/mol. The minimum Gasteiger partial charge on any atom is -0.508 e. The predicted octanol–water partition coefficient (Wildman–Crippen LogP) is 7.84. The summed E-state index contributed by atoms with van der Waals surface area (Å²) in [4.78, 5) is 0. The number of phenols is 1. The fourth-order valence-electron chi connectivity index (χ4n) is 5.18. The van der Waals surface area contributed by atoms with Crippen molar-refractivity contribution in [3.05, 3.63) is 71.8 Å². The number of rotatable bonds is 9. The maximum Gasteiger partial charge on any atom is 0.127 e. The van der Waals surface area contributed by atoms with Gasteiger partial charge >= 0.3 is 0 Å². The van der Waals surface area contributed by atoms with Crippen molar-refractivity contribution in [3.8, 4) is 33.8 Å². The number of fused-ring (bicyclic) bond motifs is 1. The van der Waals surface area contributed by atoms with Gasteiger partial charge in [-0.25, -0.2) is 0 Å². The summed E-state index contributed by atoms with van der Waals surface area (Å²) < 4.78 is 6.33. The molecule has 0 saturated carbocycles. The van der Waals surface area contributed by atoms with E-state index in [1.807, 2.05) is 18.2 Å². The van der Waals surface area contributed by atoms with Crippen LogP contribution in [0.2, 0.25) is 0 Å². The van der Waals surface area contributed by atoms with E-state index in [0.717, 1.165) is 48.4 Å². The lowest BCUT2D eigenvalue weighted by Gasteiger charge is -2.42. The van der Waals surface area contributed by atoms with E-state index in [9.17, 15) is 5.11 Å². The van der Waals surface area contributed by atoms with Crippen molar-refractivity contribution in [3.63, 3.8) is 0 Å². The van der Waals surface area contributed by atoms with Crippen molar-refractivity contribution in [2.45, 2.75) is 71.1 Å². The molecule has 0 heterocycles. The number of hydrogen-bond acceptors (Lipinski definition) is 3. The molecule has 3 aromatic carbocycles. The van der Waals surface area contributed by atoms with E-state index in [4.69, 9.17) is 4.74 Å². The molecule has 0 bridgehead atoms. The van der Waals surface area contributed by atoms with E-state index in [0.29, 0.717) is 6.61 Å². The summed E-state index contributed by atoms with van der Waals surface area (Å²) in [7, 11) is 0. The van der Waals surface area contributed by atoms with Crippen LogP contribution in [0.3, 0.4) is 0 Å². The lowest BCUT2D eigenvalue weighted by atomic mass is 9.63. The Morgan fingerprint density at radius 1 is 0.800 bits per heavy atom. The van der Waals surface area contributed by atoms with Crippen LogP contribution < -0.4 is 10.1 Å². The third-order valence-corrected chi connectivity index (χ3v) is 7.51. The molecule has 0 spiro atoms. The minimum atomic E-state index is 0.148. The largest absolute Gasteiger partial charge is 0.508 e. The minimum absolute atomic E-state index is 0.148. The molecule has 0 radical (unpaired) electrons. The van der Waals surface area contributed by atoms with Gasteiger partial charge in [-0.15, -0.1) is 0 Å². The molecule has 2 N–H and O–H groups in total. The first kappa shape index (κ1) is 25.3. The van der Waals surface area contributed by atoms with Gasteiger partial charge in [0.15, 0.2) is 0 Å². The Balaban J connectivity index is 1.73. The molecule has 0 fully saturated rings. The molecule has 3 nitrogen and oxygen atoms in total. The van der Waals surface area contributed by atoms with Crippen molar-refractivity contribution >= 4 is 0 Å². The highest BCUT2D eigenvalue weighted by Crippen LogP contribution is 2.47. The molecule has 0 aromatic heterocycles. The van der Waals surface area contributed by atoms with E-state index >= 15 is 0 Å². The number of nitrogens with one attached hydrogen (secondary N) is 1. The standard InChI is InChI=1S/C32H41NO2/c1-6-17-33-18-8-19-35-30-14-12-24(23-9-7-10-26(34)20-23)21-27(30)25-11-13-28-29(22-25)32(4,5)16-15-31(28,2)3/h7,9-14,20-22,33-34H,6,8,15-19H2,1-5H3. The van der Waals surface area contributed by atoms with Gasteiger partial charge < -0.3 is 15.2 Å². The number of phenolic OH excluding ortho intramolecular Hbond substituents is 1. The second kappa shape index (κ2) is 10.5. The first-order valence-corrected chi connectivity index (χ1v) is 13.1. The number of ether oxygens (including phenoxy) is 1. The SMILES string of the molecule is CCCNCCCOc1ccc(-c2cccc(O)c2)cc1-c1ccc2c(c1)C(C)(C)CCC2(C)C. The highest BCUT2D eigenvalue weighted by atomic mass is 16.5. The van der Waals surface area contributed by atoms with Crippen LogP contribution in [0.15, 0.2) is 60.7 Å². The summed E-state index contributed by atoms with van der Waals surface area (Å²) in [5.41, 5.74) is 7.62. The number of hydrogen-bond donors (Lipinski definition) is 2. The van der Waals surface area contributed by atoms with Crippen LogP contribution in [0, 0.1) is 0 Å². The zero-order valence-corrected chi connectivity index (χ0v) is 22.1. The van der Waals surface area contributed by atoms with Gasteiger partial charge in [-0.1, -0.05) is 71.0 Å². The van der Waals surface area contributed by atoms with E-state index < -0.39 is 0 Å². The number of benzene rings is 3. The third kappa shape index (κ3) is 5.73. The van der Waals surface area contributed by atoms with Gasteiger partial charge in [0.2, 0.25) is 0 Å². The summed E-state index contributed by atoms with van der Waals surface area (Å²) in [5.74, 6) is 1.19. The van der Waals surface area contributed by atoms with Crippen LogP contribution in [-0.4, -0.2) is 24.8 Å². The van der Waals surface area contributed by atoms with Gasteiger partial charge in [0.1, 0.15) is 11.5 Å². The molecule has 3 heteroatoms. The van der Waals surface area contributed by atoms with Crippen LogP contribution in [0.5, 0.6) is 11.5 Å². The van der Waals surface area contributed by atoms with Crippen LogP contribution in [-0.2, 0) is 10.8 Å². The Labute approximate surface area is 211 Å². The average Bonchev–Trinajstić information content (AvgIpc) is 2.84. The molecule has 0 atom stereocenters. The predicted molar refractivity (Wildman–Crippen MR) is 148 cm³/mol. The maximum absolute atomic E-state index is 10.0. The fraction of sp³-hybridized carbons (Fsp3) is 0.438. The van der Waals surface area contributed by atoms with Crippen molar-refractivity contribution in [2.24, 2.45) is 0 Å². The van der Waals surface area contributed by atoms with Gasteiger partial charge in [-0.05, 0) is 102 Å². The molecule has 186 valence electrons. The Morgan fingerprint density at radius 3 is 2.26 bits per heavy atom. The summed E-state index contributed by atoms with van der Waals surface area (Å²) in [6, 6.07) is 20.8. The van der Waals surface area contributed by atoms with E-state index in [1.165, 1.54) is 29.5 Å². The van der Waals surface area contributed by atoms with Gasteiger partial charge in [0, 0.05) is 5.56 Å². The maximum atomic E-state index is 10.0. The van der Waals surface area contributed by atoms with E-state index in [1.54, 1.807) is 6.07 Å². The molecule has 0 unspecified atom stereocenters. The molecule has 0 aliphatic heterocycles. The molecule has 1 aliphatic carbocycles. The van der Waals surface area contributed by atoms with E-state index in [-0.39, 0.29) is 16.6 Å². The third-order valence-electron chi connectivity index (χ3n) is 7.51. The zero-order chi connectivity index (χ0) is 25.1. The molecular formula is C32H41NO2. The van der Waals surface area contributed by atoms with Crippen molar-refractivity contribution in [1.82, 2.24) is 5.32 Å². The fourth-order valence-corrected chi connectivity index (χ4v) is 5.18.